The van der Waals surface area contributed by atoms with E-state index >= 15 is 0 Å². The Bertz CT molecular complexity index is 1390. The maximum absolute atomic E-state index is 14.1. The van der Waals surface area contributed by atoms with Crippen LogP contribution in [0, 0.1) is 41.4 Å². The van der Waals surface area contributed by atoms with Gasteiger partial charge >= 0.3 is 11.9 Å². The van der Waals surface area contributed by atoms with Gasteiger partial charge in [0.15, 0.2) is 24.2 Å². The van der Waals surface area contributed by atoms with Crippen molar-refractivity contribution in [1.29, 1.82) is 0 Å². The lowest BCUT2D eigenvalue weighted by Gasteiger charge is -2.54. The van der Waals surface area contributed by atoms with Crippen molar-refractivity contribution in [1.82, 2.24) is 0 Å². The molecule has 1 fully saturated rings. The summed E-state index contributed by atoms with van der Waals surface area (Å²) in [6.07, 6.45) is 8.39. The third-order valence-corrected chi connectivity index (χ3v) is 12.8. The second kappa shape index (κ2) is 16.2. The van der Waals surface area contributed by atoms with Gasteiger partial charge in [0.2, 0.25) is 0 Å². The number of carbonyl (C=O) groups excluding carboxylic acids is 2. The molecule has 0 spiro atoms. The third-order valence-electron chi connectivity index (χ3n) is 11.0. The summed E-state index contributed by atoms with van der Waals surface area (Å²) >= 11 is 0. The molecular formula is C41H66O7Si2. The summed E-state index contributed by atoms with van der Waals surface area (Å²) in [5, 5.41) is 0. The number of esters is 2. The van der Waals surface area contributed by atoms with E-state index in [-0.39, 0.29) is 52.5 Å². The van der Waals surface area contributed by atoms with E-state index in [4.69, 9.17) is 23.1 Å². The van der Waals surface area contributed by atoms with Crippen LogP contribution in [0.3, 0.4) is 0 Å². The van der Waals surface area contributed by atoms with Crippen LogP contribution in [0.15, 0.2) is 48.1 Å². The molecule has 9 heteroatoms. The zero-order chi connectivity index (χ0) is 37.2. The second-order valence-corrected chi connectivity index (χ2v) is 22.5. The summed E-state index contributed by atoms with van der Waals surface area (Å²) in [6.45, 7) is 28.2. The number of benzene rings is 1. The number of fused-ring (bicyclic) bond motifs is 1. The van der Waals surface area contributed by atoms with Crippen molar-refractivity contribution in [2.24, 2.45) is 34.5 Å². The molecular weight excluding hydrogens is 661 g/mol. The standard InChI is InChI=1S/C41H66O7Si2/c1-14-33(44-30-17-15-16-26(2)22-30)37(42)46-34-24-29(39(4,5)6)23-28-19-18-27(3)41(35(28)34,48-50(12)13)21-20-31-25-32(40(7,8)9)36(38(43)45-31)47-49(10)11/h15-19,22-23,27,29,31-36,49-50H,14,20-21,24-25H2,1-13H3/t27-,29+,31+,32-,33?,34-,35+,36?,41-/m0/s1. The van der Waals surface area contributed by atoms with E-state index in [1.54, 1.807) is 0 Å². The molecule has 4 rings (SSSR count). The highest BCUT2D eigenvalue weighted by atomic mass is 28.3. The maximum Gasteiger partial charge on any atom is 0.347 e. The summed E-state index contributed by atoms with van der Waals surface area (Å²) in [5.41, 5.74) is 1.51. The fraction of sp³-hybridized carbons (Fsp3) is 0.707. The number of cyclic esters (lactones) is 1. The Morgan fingerprint density at radius 2 is 1.74 bits per heavy atom. The largest absolute Gasteiger partial charge is 0.479 e. The van der Waals surface area contributed by atoms with Crippen molar-refractivity contribution in [3.63, 3.8) is 0 Å². The molecule has 0 saturated carbocycles. The van der Waals surface area contributed by atoms with E-state index in [0.717, 1.165) is 12.0 Å². The van der Waals surface area contributed by atoms with Crippen LogP contribution in [0.1, 0.15) is 93.1 Å². The van der Waals surface area contributed by atoms with Gasteiger partial charge < -0.3 is 23.1 Å². The molecule has 280 valence electrons. The lowest BCUT2D eigenvalue weighted by molar-refractivity contribution is -0.180. The zero-order valence-corrected chi connectivity index (χ0v) is 35.5. The van der Waals surface area contributed by atoms with Gasteiger partial charge in [0.1, 0.15) is 24.1 Å². The molecule has 0 amide bonds. The van der Waals surface area contributed by atoms with Crippen LogP contribution in [0.5, 0.6) is 5.75 Å². The first-order valence-corrected chi connectivity index (χ1v) is 24.7. The molecule has 1 aromatic carbocycles. The summed E-state index contributed by atoms with van der Waals surface area (Å²) in [5.74, 6) is 0.293. The Kier molecular flexibility index (Phi) is 13.2. The summed E-state index contributed by atoms with van der Waals surface area (Å²) in [7, 11) is -3.06. The highest BCUT2D eigenvalue weighted by Gasteiger charge is 2.55. The van der Waals surface area contributed by atoms with Crippen LogP contribution in [-0.2, 0) is 27.9 Å². The van der Waals surface area contributed by atoms with E-state index in [9.17, 15) is 9.59 Å². The maximum atomic E-state index is 14.1. The molecule has 0 radical (unpaired) electrons. The van der Waals surface area contributed by atoms with Crippen molar-refractivity contribution in [2.75, 3.05) is 0 Å². The predicted octanol–water partition coefficient (Wildman–Crippen LogP) is 8.74. The molecule has 1 aliphatic heterocycles. The first-order valence-electron chi connectivity index (χ1n) is 19.1. The average molecular weight is 727 g/mol. The highest BCUT2D eigenvalue weighted by Crippen LogP contribution is 2.53. The van der Waals surface area contributed by atoms with Crippen LogP contribution in [-0.4, -0.2) is 60.0 Å². The Morgan fingerprint density at radius 1 is 1.04 bits per heavy atom. The van der Waals surface area contributed by atoms with Gasteiger partial charge in [0, 0.05) is 17.8 Å². The van der Waals surface area contributed by atoms with E-state index < -0.39 is 42.0 Å². The molecule has 9 atom stereocenters. The SMILES string of the molecule is CCC(Oc1cccc(C)c1)C(=O)O[C@H]1C[C@H](C(C)(C)C)C=C2C=C[C@H](C)[C@](CC[C@@H]3C[C@H](C(C)(C)C)C(O[SiH](C)C)C(=O)O3)(O[SiH](C)C)[C@H]21. The van der Waals surface area contributed by atoms with Gasteiger partial charge in [0.05, 0.1) is 5.60 Å². The van der Waals surface area contributed by atoms with Gasteiger partial charge in [-0.15, -0.1) is 0 Å². The van der Waals surface area contributed by atoms with Crippen LogP contribution < -0.4 is 4.74 Å². The fourth-order valence-electron chi connectivity index (χ4n) is 8.29. The van der Waals surface area contributed by atoms with Gasteiger partial charge in [-0.25, -0.2) is 9.59 Å². The van der Waals surface area contributed by atoms with Gasteiger partial charge in [-0.2, -0.15) is 0 Å². The minimum Gasteiger partial charge on any atom is -0.479 e. The van der Waals surface area contributed by atoms with Crippen LogP contribution in [0.2, 0.25) is 26.2 Å². The molecule has 2 unspecified atom stereocenters. The van der Waals surface area contributed by atoms with Crippen molar-refractivity contribution >= 4 is 30.0 Å². The summed E-state index contributed by atoms with van der Waals surface area (Å²) in [6, 6.07) is 7.80. The normalized spacial score (nSPS) is 30.8. The van der Waals surface area contributed by atoms with Crippen molar-refractivity contribution < 1.29 is 32.7 Å². The average Bonchev–Trinajstić information content (AvgIpc) is 3.00. The quantitative estimate of drug-likeness (QED) is 0.157. The number of allylic oxidation sites excluding steroid dienone is 2. The van der Waals surface area contributed by atoms with Gasteiger partial charge in [-0.3, -0.25) is 0 Å². The topological polar surface area (TPSA) is 80.3 Å². The third kappa shape index (κ3) is 9.61. The molecule has 1 heterocycles. The lowest BCUT2D eigenvalue weighted by atomic mass is 9.59. The monoisotopic (exact) mass is 726 g/mol. The molecule has 0 aromatic heterocycles. The zero-order valence-electron chi connectivity index (χ0n) is 33.2. The van der Waals surface area contributed by atoms with Crippen molar-refractivity contribution in [2.45, 2.75) is 151 Å². The molecule has 3 aliphatic rings. The smallest absolute Gasteiger partial charge is 0.347 e. The van der Waals surface area contributed by atoms with Crippen molar-refractivity contribution in [3.05, 3.63) is 53.6 Å². The highest BCUT2D eigenvalue weighted by molar-refractivity contribution is 6.49. The molecule has 0 N–H and O–H groups in total. The van der Waals surface area contributed by atoms with Crippen molar-refractivity contribution in [3.8, 4) is 5.75 Å². The minimum atomic E-state index is -1.61. The fourth-order valence-corrected chi connectivity index (χ4v) is 10.5. The molecule has 7 nitrogen and oxygen atoms in total. The first kappa shape index (κ1) is 40.6. The van der Waals surface area contributed by atoms with E-state index in [1.807, 2.05) is 38.1 Å². The predicted molar refractivity (Wildman–Crippen MR) is 206 cm³/mol. The van der Waals surface area contributed by atoms with Gasteiger partial charge in [0.25, 0.3) is 0 Å². The summed E-state index contributed by atoms with van der Waals surface area (Å²) < 4.78 is 32.6. The Morgan fingerprint density at radius 3 is 2.32 bits per heavy atom. The Hall–Kier alpha value is -2.21. The summed E-state index contributed by atoms with van der Waals surface area (Å²) in [4.78, 5) is 27.6. The Balaban J connectivity index is 1.69. The van der Waals surface area contributed by atoms with E-state index in [2.05, 4.69) is 92.9 Å². The molecule has 50 heavy (non-hydrogen) atoms. The first-order chi connectivity index (χ1) is 23.2. The number of rotatable bonds is 12. The minimum absolute atomic E-state index is 0.0200. The van der Waals surface area contributed by atoms with Gasteiger partial charge in [-0.05, 0) is 105 Å². The lowest BCUT2D eigenvalue weighted by Crippen LogP contribution is -2.58. The number of hydrogen-bond acceptors (Lipinski definition) is 7. The van der Waals surface area contributed by atoms with Gasteiger partial charge in [-0.1, -0.05) is 85.8 Å². The Labute approximate surface area is 306 Å². The number of carbonyl (C=O) groups is 2. The van der Waals surface area contributed by atoms with E-state index in [0.29, 0.717) is 31.4 Å². The second-order valence-electron chi connectivity index (χ2n) is 17.8. The van der Waals surface area contributed by atoms with Crippen LogP contribution in [0.25, 0.3) is 0 Å². The van der Waals surface area contributed by atoms with Crippen LogP contribution in [0.4, 0.5) is 0 Å². The molecule has 0 bridgehead atoms. The molecule has 1 saturated heterocycles. The molecule has 1 aromatic rings. The van der Waals surface area contributed by atoms with Crippen LogP contribution >= 0.6 is 0 Å². The number of ether oxygens (including phenoxy) is 3. The van der Waals surface area contributed by atoms with E-state index in [1.165, 1.54) is 5.57 Å². The molecule has 2 aliphatic carbocycles. The number of hydrogen-bond donors (Lipinski definition) is 0. The number of aryl methyl sites for hydroxylation is 1.